The summed E-state index contributed by atoms with van der Waals surface area (Å²) < 4.78 is 24.5. The van der Waals surface area contributed by atoms with Crippen molar-refractivity contribution in [3.8, 4) is 0 Å². The van der Waals surface area contributed by atoms with E-state index in [-0.39, 0.29) is 17.5 Å². The summed E-state index contributed by atoms with van der Waals surface area (Å²) in [6, 6.07) is 14.9. The number of benzene rings is 2. The van der Waals surface area contributed by atoms with Crippen LogP contribution in [0.1, 0.15) is 17.5 Å². The zero-order valence-corrected chi connectivity index (χ0v) is 19.1. The Balaban J connectivity index is 1.42. The van der Waals surface area contributed by atoms with Crippen LogP contribution in [0.15, 0.2) is 48.5 Å². The van der Waals surface area contributed by atoms with Gasteiger partial charge in [-0.1, -0.05) is 30.3 Å². The van der Waals surface area contributed by atoms with E-state index in [1.165, 1.54) is 5.69 Å². The first-order chi connectivity index (χ1) is 14.8. The fraction of sp³-hybridized carbons (Fsp3) is 0.435. The second-order valence-corrected chi connectivity index (χ2v) is 10.3. The monoisotopic (exact) mass is 444 g/mol. The lowest BCUT2D eigenvalue weighted by molar-refractivity contribution is 0.252. The van der Waals surface area contributed by atoms with Gasteiger partial charge in [0.2, 0.25) is 0 Å². The number of hydrogen-bond acceptors (Lipinski definition) is 5. The first-order valence-corrected chi connectivity index (χ1v) is 12.5. The second kappa shape index (κ2) is 10.6. The van der Waals surface area contributed by atoms with Crippen LogP contribution < -0.4 is 15.5 Å². The minimum atomic E-state index is -3.20. The molecule has 2 amide bonds. The van der Waals surface area contributed by atoms with Crippen LogP contribution >= 0.6 is 0 Å². The van der Waals surface area contributed by atoms with Crippen LogP contribution in [0.2, 0.25) is 0 Å². The van der Waals surface area contributed by atoms with Crippen molar-refractivity contribution in [1.29, 1.82) is 0 Å². The molecule has 1 saturated heterocycles. The summed E-state index contributed by atoms with van der Waals surface area (Å²) in [6.45, 7) is 6.36. The number of aryl methyl sites for hydroxylation is 1. The zero-order chi connectivity index (χ0) is 22.3. The number of sulfone groups is 1. The highest BCUT2D eigenvalue weighted by Gasteiger charge is 2.15. The Bertz CT molecular complexity index is 972. The molecule has 3 rings (SSSR count). The molecular weight excluding hydrogens is 412 g/mol. The molecule has 1 heterocycles. The molecule has 168 valence electrons. The highest BCUT2D eigenvalue weighted by atomic mass is 32.2. The van der Waals surface area contributed by atoms with Gasteiger partial charge < -0.3 is 20.4 Å². The largest absolute Gasteiger partial charge is 0.369 e. The van der Waals surface area contributed by atoms with E-state index in [1.54, 1.807) is 12.1 Å². The Hall–Kier alpha value is -2.58. The van der Waals surface area contributed by atoms with E-state index in [4.69, 9.17) is 0 Å². The number of amides is 2. The lowest BCUT2D eigenvalue weighted by atomic mass is 10.1. The molecule has 0 aliphatic carbocycles. The van der Waals surface area contributed by atoms with Gasteiger partial charge in [-0.3, -0.25) is 0 Å². The van der Waals surface area contributed by atoms with Crippen LogP contribution in [-0.4, -0.2) is 64.9 Å². The predicted molar refractivity (Wildman–Crippen MR) is 126 cm³/mol. The highest BCUT2D eigenvalue weighted by Crippen LogP contribution is 2.23. The Morgan fingerprint density at radius 2 is 1.74 bits per heavy atom. The van der Waals surface area contributed by atoms with Gasteiger partial charge in [0.15, 0.2) is 9.84 Å². The Labute approximate surface area is 185 Å². The molecule has 31 heavy (non-hydrogen) atoms. The van der Waals surface area contributed by atoms with Crippen molar-refractivity contribution >= 4 is 27.2 Å². The topological polar surface area (TPSA) is 81.8 Å². The molecule has 2 aromatic carbocycles. The summed E-state index contributed by atoms with van der Waals surface area (Å²) in [4.78, 5) is 16.9. The summed E-state index contributed by atoms with van der Waals surface area (Å²) >= 11 is 0. The number of carbonyl (C=O) groups is 1. The molecule has 0 spiro atoms. The maximum Gasteiger partial charge on any atom is 0.319 e. The van der Waals surface area contributed by atoms with E-state index in [1.807, 2.05) is 37.3 Å². The summed E-state index contributed by atoms with van der Waals surface area (Å²) in [5, 5.41) is 5.61. The molecule has 0 atom stereocenters. The minimum Gasteiger partial charge on any atom is -0.369 e. The van der Waals surface area contributed by atoms with Crippen LogP contribution in [-0.2, 0) is 15.6 Å². The summed E-state index contributed by atoms with van der Waals surface area (Å²) in [7, 11) is -1.06. The quantitative estimate of drug-likeness (QED) is 0.612. The predicted octanol–water partition coefficient (Wildman–Crippen LogP) is 2.87. The lowest BCUT2D eigenvalue weighted by Crippen LogP contribution is -2.44. The number of hydrogen-bond donors (Lipinski definition) is 2. The molecule has 1 aliphatic rings. The smallest absolute Gasteiger partial charge is 0.319 e. The Kier molecular flexibility index (Phi) is 7.92. The molecule has 0 aromatic heterocycles. The van der Waals surface area contributed by atoms with E-state index < -0.39 is 9.84 Å². The van der Waals surface area contributed by atoms with Crippen LogP contribution in [0.25, 0.3) is 0 Å². The van der Waals surface area contributed by atoms with Crippen molar-refractivity contribution in [3.63, 3.8) is 0 Å². The average molecular weight is 445 g/mol. The number of carbonyl (C=O) groups excluding carboxylic acids is 1. The molecule has 1 fully saturated rings. The summed E-state index contributed by atoms with van der Waals surface area (Å²) in [5.74, 6) is 0.0693. The number of likely N-dealkylation sites (N-methyl/N-ethyl adjacent to an activating group) is 1. The summed E-state index contributed by atoms with van der Waals surface area (Å²) in [6.07, 6.45) is 0.379. The molecule has 0 unspecified atom stereocenters. The molecule has 0 radical (unpaired) electrons. The van der Waals surface area contributed by atoms with Crippen LogP contribution in [0.5, 0.6) is 0 Å². The molecule has 2 aromatic rings. The number of piperazine rings is 1. The highest BCUT2D eigenvalue weighted by molar-refractivity contribution is 7.90. The van der Waals surface area contributed by atoms with E-state index in [0.717, 1.165) is 43.0 Å². The lowest BCUT2D eigenvalue weighted by Gasteiger charge is -2.34. The zero-order valence-electron chi connectivity index (χ0n) is 18.3. The molecule has 1 aliphatic heterocycles. The second-order valence-electron chi connectivity index (χ2n) is 8.10. The Morgan fingerprint density at radius 1 is 1.03 bits per heavy atom. The van der Waals surface area contributed by atoms with Gasteiger partial charge in [-0.2, -0.15) is 0 Å². The Morgan fingerprint density at radius 3 is 2.42 bits per heavy atom. The third kappa shape index (κ3) is 7.25. The van der Waals surface area contributed by atoms with Crippen molar-refractivity contribution in [2.75, 3.05) is 55.7 Å². The van der Waals surface area contributed by atoms with E-state index in [2.05, 4.69) is 33.5 Å². The summed E-state index contributed by atoms with van der Waals surface area (Å²) in [5.41, 5.74) is 3.70. The fourth-order valence-electron chi connectivity index (χ4n) is 3.61. The van der Waals surface area contributed by atoms with Crippen molar-refractivity contribution in [3.05, 3.63) is 59.7 Å². The normalized spacial score (nSPS) is 15.0. The number of rotatable bonds is 8. The van der Waals surface area contributed by atoms with Gasteiger partial charge in [0.25, 0.3) is 0 Å². The maximum absolute atomic E-state index is 12.2. The molecule has 2 N–H and O–H groups in total. The molecule has 7 nitrogen and oxygen atoms in total. The van der Waals surface area contributed by atoms with Gasteiger partial charge in [-0.05, 0) is 49.7 Å². The van der Waals surface area contributed by atoms with Gasteiger partial charge >= 0.3 is 6.03 Å². The van der Waals surface area contributed by atoms with Crippen LogP contribution in [0, 0.1) is 6.92 Å². The molecule has 8 heteroatoms. The standard InChI is InChI=1S/C23H32N4O3S/c1-19-17-21(27-14-12-26(2)13-15-27)9-10-22(19)25-23(28)24-11-6-16-31(29,30)18-20-7-4-3-5-8-20/h3-5,7-10,17H,6,11-16,18H2,1-2H3,(H2,24,25,28). The van der Waals surface area contributed by atoms with E-state index in [9.17, 15) is 13.2 Å². The van der Waals surface area contributed by atoms with Gasteiger partial charge in [0, 0.05) is 44.1 Å². The first-order valence-electron chi connectivity index (χ1n) is 10.7. The van der Waals surface area contributed by atoms with E-state index >= 15 is 0 Å². The maximum atomic E-state index is 12.2. The van der Waals surface area contributed by atoms with Crippen LogP contribution in [0.4, 0.5) is 16.2 Å². The molecular formula is C23H32N4O3S. The minimum absolute atomic E-state index is 0.0267. The fourth-order valence-corrected chi connectivity index (χ4v) is 5.04. The third-order valence-electron chi connectivity index (χ3n) is 5.47. The molecule has 0 saturated carbocycles. The SMILES string of the molecule is Cc1cc(N2CCN(C)CC2)ccc1NC(=O)NCCCS(=O)(=O)Cc1ccccc1. The third-order valence-corrected chi connectivity index (χ3v) is 7.16. The van der Waals surface area contributed by atoms with Gasteiger partial charge in [-0.25, -0.2) is 13.2 Å². The number of anilines is 2. The average Bonchev–Trinajstić information content (AvgIpc) is 2.74. The van der Waals surface area contributed by atoms with Crippen molar-refractivity contribution in [2.24, 2.45) is 0 Å². The number of urea groups is 1. The number of nitrogens with one attached hydrogen (secondary N) is 2. The van der Waals surface area contributed by atoms with Gasteiger partial charge in [0.05, 0.1) is 11.5 Å². The van der Waals surface area contributed by atoms with Crippen molar-refractivity contribution < 1.29 is 13.2 Å². The molecule has 0 bridgehead atoms. The van der Waals surface area contributed by atoms with E-state index in [0.29, 0.717) is 13.0 Å². The van der Waals surface area contributed by atoms with Gasteiger partial charge in [-0.15, -0.1) is 0 Å². The van der Waals surface area contributed by atoms with Crippen LogP contribution in [0.3, 0.4) is 0 Å². The number of nitrogens with zero attached hydrogens (tertiary/aromatic N) is 2. The van der Waals surface area contributed by atoms with Crippen molar-refractivity contribution in [2.45, 2.75) is 19.1 Å². The first kappa shape index (κ1) is 23.1. The van der Waals surface area contributed by atoms with Gasteiger partial charge in [0.1, 0.15) is 0 Å². The van der Waals surface area contributed by atoms with Crippen molar-refractivity contribution in [1.82, 2.24) is 10.2 Å².